The van der Waals surface area contributed by atoms with Crippen LogP contribution >= 0.6 is 0 Å². The number of hydrogen-bond acceptors (Lipinski definition) is 1. The van der Waals surface area contributed by atoms with Crippen molar-refractivity contribution in [3.05, 3.63) is 59.7 Å². The predicted molar refractivity (Wildman–Crippen MR) is 113 cm³/mol. The van der Waals surface area contributed by atoms with Crippen molar-refractivity contribution in [1.29, 1.82) is 0 Å². The van der Waals surface area contributed by atoms with Crippen LogP contribution in [0, 0.1) is 0 Å². The Morgan fingerprint density at radius 1 is 0.654 bits per heavy atom. The van der Waals surface area contributed by atoms with Crippen molar-refractivity contribution in [3.63, 3.8) is 0 Å². The van der Waals surface area contributed by atoms with Crippen LogP contribution in [0.1, 0.15) is 87.6 Å². The second-order valence-corrected chi connectivity index (χ2v) is 7.41. The third kappa shape index (κ3) is 7.15. The molecule has 0 amide bonds. The fourth-order valence-corrected chi connectivity index (χ4v) is 3.40. The van der Waals surface area contributed by atoms with Gasteiger partial charge in [-0.15, -0.1) is 0 Å². The van der Waals surface area contributed by atoms with E-state index < -0.39 is 0 Å². The summed E-state index contributed by atoms with van der Waals surface area (Å²) < 4.78 is 0. The maximum atomic E-state index is 11.4. The molecule has 0 bridgehead atoms. The SMILES string of the molecule is CCCCCCCCCCCc1ccc(-c2ccc(C(C)=O)cc2)cc1. The van der Waals surface area contributed by atoms with Gasteiger partial charge < -0.3 is 0 Å². The summed E-state index contributed by atoms with van der Waals surface area (Å²) in [4.78, 5) is 11.4. The number of carbonyl (C=O) groups excluding carboxylic acids is 1. The van der Waals surface area contributed by atoms with Gasteiger partial charge in [0.1, 0.15) is 0 Å². The summed E-state index contributed by atoms with van der Waals surface area (Å²) in [5.41, 5.74) is 4.59. The lowest BCUT2D eigenvalue weighted by Gasteiger charge is -2.06. The lowest BCUT2D eigenvalue weighted by atomic mass is 9.99. The van der Waals surface area contributed by atoms with E-state index in [2.05, 4.69) is 31.2 Å². The molecular weight excluding hydrogens is 316 g/mol. The van der Waals surface area contributed by atoms with Gasteiger partial charge >= 0.3 is 0 Å². The minimum Gasteiger partial charge on any atom is -0.295 e. The van der Waals surface area contributed by atoms with Crippen LogP contribution < -0.4 is 0 Å². The topological polar surface area (TPSA) is 17.1 Å². The molecule has 0 saturated heterocycles. The summed E-state index contributed by atoms with van der Waals surface area (Å²) in [7, 11) is 0. The zero-order valence-corrected chi connectivity index (χ0v) is 16.6. The van der Waals surface area contributed by atoms with Crippen molar-refractivity contribution in [2.24, 2.45) is 0 Å². The molecule has 0 spiro atoms. The highest BCUT2D eigenvalue weighted by Gasteiger charge is 2.02. The number of aryl methyl sites for hydroxylation is 1. The Morgan fingerprint density at radius 3 is 1.62 bits per heavy atom. The van der Waals surface area contributed by atoms with Crippen molar-refractivity contribution in [2.45, 2.75) is 78.1 Å². The minimum absolute atomic E-state index is 0.118. The normalized spacial score (nSPS) is 10.8. The fraction of sp³-hybridized carbons (Fsp3) is 0.480. The van der Waals surface area contributed by atoms with Gasteiger partial charge in [-0.25, -0.2) is 0 Å². The first-order chi connectivity index (χ1) is 12.7. The first kappa shape index (κ1) is 20.4. The monoisotopic (exact) mass is 350 g/mol. The van der Waals surface area contributed by atoms with E-state index in [0.29, 0.717) is 0 Å². The molecular formula is C25H34O. The van der Waals surface area contributed by atoms with Crippen LogP contribution in [-0.2, 0) is 6.42 Å². The molecule has 0 fully saturated rings. The summed E-state index contributed by atoms with van der Waals surface area (Å²) in [6.45, 7) is 3.88. The molecule has 2 aromatic rings. The molecule has 0 aliphatic rings. The average Bonchev–Trinajstić information content (AvgIpc) is 2.67. The highest BCUT2D eigenvalue weighted by molar-refractivity contribution is 5.94. The summed E-state index contributed by atoms with van der Waals surface area (Å²) in [6, 6.07) is 16.8. The standard InChI is InChI=1S/C25H34O/c1-3-4-5-6-7-8-9-10-11-12-22-13-15-24(16-14-22)25-19-17-23(18-20-25)21(2)26/h13-20H,3-12H2,1-2H3. The molecule has 1 nitrogen and oxygen atoms in total. The number of rotatable bonds is 12. The second-order valence-electron chi connectivity index (χ2n) is 7.41. The number of benzene rings is 2. The van der Waals surface area contributed by atoms with Crippen molar-refractivity contribution >= 4 is 5.78 Å². The Bertz CT molecular complexity index is 637. The van der Waals surface area contributed by atoms with E-state index in [4.69, 9.17) is 0 Å². The second kappa shape index (κ2) is 11.7. The molecule has 0 unspecified atom stereocenters. The number of carbonyl (C=O) groups is 1. The largest absolute Gasteiger partial charge is 0.295 e. The molecule has 0 aliphatic heterocycles. The van der Waals surface area contributed by atoms with E-state index >= 15 is 0 Å². The Kier molecular flexibility index (Phi) is 9.17. The molecule has 0 atom stereocenters. The number of unbranched alkanes of at least 4 members (excludes halogenated alkanes) is 8. The first-order valence-corrected chi connectivity index (χ1v) is 10.4. The zero-order chi connectivity index (χ0) is 18.6. The molecule has 0 aromatic heterocycles. The van der Waals surface area contributed by atoms with Crippen LogP contribution in [0.3, 0.4) is 0 Å². The van der Waals surface area contributed by atoms with Crippen LogP contribution in [0.25, 0.3) is 11.1 Å². The van der Waals surface area contributed by atoms with Gasteiger partial charge in [-0.3, -0.25) is 4.79 Å². The number of Topliss-reactive ketones (excluding diaryl/α,β-unsaturated/α-hetero) is 1. The minimum atomic E-state index is 0.118. The number of ketones is 1. The highest BCUT2D eigenvalue weighted by Crippen LogP contribution is 2.21. The van der Waals surface area contributed by atoms with Crippen LogP contribution in [0.4, 0.5) is 0 Å². The maximum absolute atomic E-state index is 11.4. The molecule has 26 heavy (non-hydrogen) atoms. The van der Waals surface area contributed by atoms with Crippen LogP contribution in [0.15, 0.2) is 48.5 Å². The Hall–Kier alpha value is -1.89. The molecule has 0 saturated carbocycles. The van der Waals surface area contributed by atoms with Gasteiger partial charge in [0.25, 0.3) is 0 Å². The Labute approximate surface area is 159 Å². The third-order valence-corrected chi connectivity index (χ3v) is 5.15. The van der Waals surface area contributed by atoms with E-state index in [1.54, 1.807) is 6.92 Å². The highest BCUT2D eigenvalue weighted by atomic mass is 16.1. The van der Waals surface area contributed by atoms with Crippen molar-refractivity contribution < 1.29 is 4.79 Å². The molecule has 0 radical (unpaired) electrons. The van der Waals surface area contributed by atoms with Crippen molar-refractivity contribution in [2.75, 3.05) is 0 Å². The van der Waals surface area contributed by atoms with Crippen LogP contribution in [-0.4, -0.2) is 5.78 Å². The molecule has 0 heterocycles. The van der Waals surface area contributed by atoms with Gasteiger partial charge in [0.05, 0.1) is 0 Å². The van der Waals surface area contributed by atoms with Gasteiger partial charge in [0.15, 0.2) is 5.78 Å². The predicted octanol–water partition coefficient (Wildman–Crippen LogP) is 7.63. The van der Waals surface area contributed by atoms with Gasteiger partial charge in [-0.1, -0.05) is 107 Å². The van der Waals surface area contributed by atoms with Crippen LogP contribution in [0.2, 0.25) is 0 Å². The van der Waals surface area contributed by atoms with Gasteiger partial charge in [-0.2, -0.15) is 0 Å². The number of hydrogen-bond donors (Lipinski definition) is 0. The molecule has 0 N–H and O–H groups in total. The van der Waals surface area contributed by atoms with Crippen molar-refractivity contribution in [1.82, 2.24) is 0 Å². The third-order valence-electron chi connectivity index (χ3n) is 5.15. The molecule has 140 valence electrons. The first-order valence-electron chi connectivity index (χ1n) is 10.4. The Balaban J connectivity index is 1.68. The summed E-state index contributed by atoms with van der Waals surface area (Å²) in [6.07, 6.45) is 13.6. The molecule has 1 heteroatoms. The van der Waals surface area contributed by atoms with Crippen molar-refractivity contribution in [3.8, 4) is 11.1 Å². The van der Waals surface area contributed by atoms with Gasteiger partial charge in [0.2, 0.25) is 0 Å². The Morgan fingerprint density at radius 2 is 1.12 bits per heavy atom. The molecule has 2 aromatic carbocycles. The molecule has 2 rings (SSSR count). The molecule has 0 aliphatic carbocycles. The van der Waals surface area contributed by atoms with Gasteiger partial charge in [0, 0.05) is 5.56 Å². The summed E-state index contributed by atoms with van der Waals surface area (Å²) >= 11 is 0. The van der Waals surface area contributed by atoms with E-state index in [-0.39, 0.29) is 5.78 Å². The van der Waals surface area contributed by atoms with Gasteiger partial charge in [-0.05, 0) is 36.5 Å². The smallest absolute Gasteiger partial charge is 0.159 e. The quantitative estimate of drug-likeness (QED) is 0.284. The fourth-order valence-electron chi connectivity index (χ4n) is 3.40. The van der Waals surface area contributed by atoms with E-state index in [1.165, 1.54) is 80.9 Å². The summed E-state index contributed by atoms with van der Waals surface area (Å²) in [5, 5.41) is 0. The van der Waals surface area contributed by atoms with E-state index in [9.17, 15) is 4.79 Å². The zero-order valence-electron chi connectivity index (χ0n) is 16.6. The summed E-state index contributed by atoms with van der Waals surface area (Å²) in [5.74, 6) is 0.118. The average molecular weight is 351 g/mol. The lowest BCUT2D eigenvalue weighted by molar-refractivity contribution is 0.101. The lowest BCUT2D eigenvalue weighted by Crippen LogP contribution is -1.91. The van der Waals surface area contributed by atoms with E-state index in [1.807, 2.05) is 24.3 Å². The van der Waals surface area contributed by atoms with E-state index in [0.717, 1.165) is 5.56 Å². The van der Waals surface area contributed by atoms with Crippen LogP contribution in [0.5, 0.6) is 0 Å². The maximum Gasteiger partial charge on any atom is 0.159 e.